The summed E-state index contributed by atoms with van der Waals surface area (Å²) in [5.74, 6) is -0.365. The van der Waals surface area contributed by atoms with Gasteiger partial charge in [-0.15, -0.1) is 0 Å². The monoisotopic (exact) mass is 310 g/mol. The highest BCUT2D eigenvalue weighted by Gasteiger charge is 2.29. The van der Waals surface area contributed by atoms with Gasteiger partial charge in [0.1, 0.15) is 0 Å². The van der Waals surface area contributed by atoms with Gasteiger partial charge in [0.15, 0.2) is 11.6 Å². The first-order valence-electron chi connectivity index (χ1n) is 7.72. The van der Waals surface area contributed by atoms with Crippen molar-refractivity contribution < 1.29 is 19.0 Å². The molecule has 1 saturated carbocycles. The largest absolute Gasteiger partial charge is 0.491 e. The Bertz CT molecular complexity index is 516. The molecule has 1 aromatic carbocycles. The number of halogens is 1. The third-order valence-electron chi connectivity index (χ3n) is 3.85. The molecule has 1 fully saturated rings. The van der Waals surface area contributed by atoms with Crippen LogP contribution in [0.1, 0.15) is 39.0 Å². The van der Waals surface area contributed by atoms with Gasteiger partial charge in [-0.05, 0) is 31.9 Å². The van der Waals surface area contributed by atoms with E-state index in [1.54, 1.807) is 13.0 Å². The summed E-state index contributed by atoms with van der Waals surface area (Å²) in [6, 6.07) is 3.80. The summed E-state index contributed by atoms with van der Waals surface area (Å²) in [5.41, 5.74) is -0.478. The topological polar surface area (TPSA) is 70.6 Å². The number of amides is 2. The number of carbonyl (C=O) groups excluding carboxylic acids is 1. The second kappa shape index (κ2) is 7.45. The van der Waals surface area contributed by atoms with Crippen LogP contribution < -0.4 is 15.4 Å². The predicted octanol–water partition coefficient (Wildman–Crippen LogP) is 3.04. The highest BCUT2D eigenvalue weighted by atomic mass is 19.1. The number of hydrogen-bond acceptors (Lipinski definition) is 3. The standard InChI is InChI=1S/C16H23FN2O3/c1-2-22-14-7-6-12(10-13(14)17)19-15(20)18-11-16(21)8-4-3-5-9-16/h6-7,10,21H,2-5,8-9,11H2,1H3,(H2,18,19,20). The minimum Gasteiger partial charge on any atom is -0.491 e. The van der Waals surface area contributed by atoms with Crippen molar-refractivity contribution in [3.8, 4) is 5.75 Å². The maximum Gasteiger partial charge on any atom is 0.319 e. The molecule has 2 rings (SSSR count). The zero-order valence-electron chi connectivity index (χ0n) is 12.8. The highest BCUT2D eigenvalue weighted by Crippen LogP contribution is 2.27. The van der Waals surface area contributed by atoms with Crippen LogP contribution in [-0.4, -0.2) is 29.9 Å². The molecule has 5 nitrogen and oxygen atoms in total. The number of benzene rings is 1. The molecule has 3 N–H and O–H groups in total. The van der Waals surface area contributed by atoms with Crippen LogP contribution >= 0.6 is 0 Å². The fourth-order valence-electron chi connectivity index (χ4n) is 2.66. The SMILES string of the molecule is CCOc1ccc(NC(=O)NCC2(O)CCCCC2)cc1F. The first-order valence-corrected chi connectivity index (χ1v) is 7.72. The molecule has 122 valence electrons. The molecule has 0 bridgehead atoms. The molecule has 0 unspecified atom stereocenters. The van der Waals surface area contributed by atoms with Crippen LogP contribution in [0.25, 0.3) is 0 Å². The van der Waals surface area contributed by atoms with Crippen LogP contribution in [0.5, 0.6) is 5.75 Å². The van der Waals surface area contributed by atoms with E-state index in [1.807, 2.05) is 0 Å². The Morgan fingerprint density at radius 2 is 2.09 bits per heavy atom. The molecule has 1 aliphatic carbocycles. The summed E-state index contributed by atoms with van der Waals surface area (Å²) >= 11 is 0. The average Bonchev–Trinajstić information content (AvgIpc) is 2.49. The van der Waals surface area contributed by atoms with Crippen molar-refractivity contribution in [2.45, 2.75) is 44.6 Å². The van der Waals surface area contributed by atoms with Crippen LogP contribution in [0.2, 0.25) is 0 Å². The minimum absolute atomic E-state index is 0.157. The van der Waals surface area contributed by atoms with Gasteiger partial charge in [0.25, 0.3) is 0 Å². The van der Waals surface area contributed by atoms with E-state index in [0.717, 1.165) is 19.3 Å². The molecular formula is C16H23FN2O3. The van der Waals surface area contributed by atoms with Crippen LogP contribution in [0, 0.1) is 5.82 Å². The van der Waals surface area contributed by atoms with E-state index in [1.165, 1.54) is 12.1 Å². The van der Waals surface area contributed by atoms with Crippen molar-refractivity contribution in [2.75, 3.05) is 18.5 Å². The Kier molecular flexibility index (Phi) is 5.60. The van der Waals surface area contributed by atoms with Crippen LogP contribution in [0.4, 0.5) is 14.9 Å². The molecule has 0 heterocycles. The van der Waals surface area contributed by atoms with Crippen molar-refractivity contribution in [1.29, 1.82) is 0 Å². The van der Waals surface area contributed by atoms with Crippen molar-refractivity contribution in [1.82, 2.24) is 5.32 Å². The van der Waals surface area contributed by atoms with E-state index in [9.17, 15) is 14.3 Å². The lowest BCUT2D eigenvalue weighted by Crippen LogP contribution is -2.45. The van der Waals surface area contributed by atoms with E-state index in [0.29, 0.717) is 25.1 Å². The Balaban J connectivity index is 1.85. The molecule has 2 amide bonds. The molecular weight excluding hydrogens is 287 g/mol. The van der Waals surface area contributed by atoms with Gasteiger partial charge in [0, 0.05) is 18.3 Å². The number of ether oxygens (including phenoxy) is 1. The number of rotatable bonds is 5. The number of aliphatic hydroxyl groups is 1. The Morgan fingerprint density at radius 1 is 1.36 bits per heavy atom. The van der Waals surface area contributed by atoms with Gasteiger partial charge in [-0.1, -0.05) is 19.3 Å². The normalized spacial score (nSPS) is 16.9. The highest BCUT2D eigenvalue weighted by molar-refractivity contribution is 5.89. The van der Waals surface area contributed by atoms with Crippen molar-refractivity contribution in [2.24, 2.45) is 0 Å². The number of carbonyl (C=O) groups is 1. The number of urea groups is 1. The van der Waals surface area contributed by atoms with Gasteiger partial charge < -0.3 is 20.5 Å². The lowest BCUT2D eigenvalue weighted by atomic mass is 9.85. The van der Waals surface area contributed by atoms with Crippen molar-refractivity contribution >= 4 is 11.7 Å². The molecule has 22 heavy (non-hydrogen) atoms. The van der Waals surface area contributed by atoms with Crippen LogP contribution in [0.3, 0.4) is 0 Å². The molecule has 0 aliphatic heterocycles. The maximum atomic E-state index is 13.7. The quantitative estimate of drug-likeness (QED) is 0.783. The van der Waals surface area contributed by atoms with Gasteiger partial charge >= 0.3 is 6.03 Å². The Hall–Kier alpha value is -1.82. The number of hydrogen-bond donors (Lipinski definition) is 3. The Morgan fingerprint density at radius 3 is 2.73 bits per heavy atom. The van der Waals surface area contributed by atoms with Crippen molar-refractivity contribution in [3.05, 3.63) is 24.0 Å². The van der Waals surface area contributed by atoms with E-state index in [4.69, 9.17) is 4.74 Å². The zero-order chi connectivity index (χ0) is 16.0. The van der Waals surface area contributed by atoms with E-state index in [2.05, 4.69) is 10.6 Å². The fraction of sp³-hybridized carbons (Fsp3) is 0.562. The first kappa shape index (κ1) is 16.5. The van der Waals surface area contributed by atoms with E-state index in [-0.39, 0.29) is 12.3 Å². The summed E-state index contributed by atoms with van der Waals surface area (Å²) in [7, 11) is 0. The maximum absolute atomic E-state index is 13.7. The average molecular weight is 310 g/mol. The van der Waals surface area contributed by atoms with Crippen LogP contribution in [0.15, 0.2) is 18.2 Å². The second-order valence-electron chi connectivity index (χ2n) is 5.67. The summed E-state index contributed by atoms with van der Waals surface area (Å²) in [6.07, 6.45) is 4.48. The van der Waals surface area contributed by atoms with Gasteiger partial charge in [-0.2, -0.15) is 0 Å². The van der Waals surface area contributed by atoms with Gasteiger partial charge in [0.2, 0.25) is 0 Å². The van der Waals surface area contributed by atoms with Gasteiger partial charge in [-0.25, -0.2) is 9.18 Å². The lowest BCUT2D eigenvalue weighted by molar-refractivity contribution is 0.00755. The summed E-state index contributed by atoms with van der Waals surface area (Å²) < 4.78 is 18.8. The zero-order valence-corrected chi connectivity index (χ0v) is 12.8. The first-order chi connectivity index (χ1) is 10.5. The van der Waals surface area contributed by atoms with Gasteiger partial charge in [0.05, 0.1) is 12.2 Å². The lowest BCUT2D eigenvalue weighted by Gasteiger charge is -2.32. The van der Waals surface area contributed by atoms with Crippen molar-refractivity contribution in [3.63, 3.8) is 0 Å². The predicted molar refractivity (Wildman–Crippen MR) is 82.6 cm³/mol. The minimum atomic E-state index is -0.820. The smallest absolute Gasteiger partial charge is 0.319 e. The van der Waals surface area contributed by atoms with Crippen LogP contribution in [-0.2, 0) is 0 Å². The third kappa shape index (κ3) is 4.59. The number of anilines is 1. The van der Waals surface area contributed by atoms with E-state index < -0.39 is 17.4 Å². The molecule has 1 aromatic rings. The molecule has 1 aliphatic rings. The fourth-order valence-corrected chi connectivity index (χ4v) is 2.66. The molecule has 0 spiro atoms. The summed E-state index contributed by atoms with van der Waals surface area (Å²) in [5, 5.41) is 15.5. The molecule has 0 atom stereocenters. The molecule has 0 radical (unpaired) electrons. The summed E-state index contributed by atoms with van der Waals surface area (Å²) in [4.78, 5) is 11.8. The summed E-state index contributed by atoms with van der Waals surface area (Å²) in [6.45, 7) is 2.36. The molecule has 0 aromatic heterocycles. The van der Waals surface area contributed by atoms with E-state index >= 15 is 0 Å². The Labute approximate surface area is 129 Å². The molecule has 6 heteroatoms. The second-order valence-corrected chi connectivity index (χ2v) is 5.67. The third-order valence-corrected chi connectivity index (χ3v) is 3.85. The molecule has 0 saturated heterocycles. The van der Waals surface area contributed by atoms with Gasteiger partial charge in [-0.3, -0.25) is 0 Å². The number of nitrogens with one attached hydrogen (secondary N) is 2.